The highest BCUT2D eigenvalue weighted by Gasteiger charge is 2.07. The largest absolute Gasteiger partial charge is 0.478 e. The first-order chi connectivity index (χ1) is 11.0. The maximum absolute atomic E-state index is 11.9. The molecule has 0 aliphatic rings. The third kappa shape index (κ3) is 5.83. The molecule has 2 aromatic rings. The Labute approximate surface area is 139 Å². The summed E-state index contributed by atoms with van der Waals surface area (Å²) in [6.45, 7) is 2.61. The number of hydrogen-bond acceptors (Lipinski definition) is 4. The molecule has 0 atom stereocenters. The molecular formula is C17H20N2O3S. The van der Waals surface area contributed by atoms with Gasteiger partial charge in [0.15, 0.2) is 0 Å². The number of amides is 1. The van der Waals surface area contributed by atoms with Gasteiger partial charge in [0.05, 0.1) is 17.0 Å². The van der Waals surface area contributed by atoms with Gasteiger partial charge in [0.2, 0.25) is 5.91 Å². The van der Waals surface area contributed by atoms with E-state index in [0.29, 0.717) is 12.1 Å². The molecule has 0 bridgehead atoms. The van der Waals surface area contributed by atoms with Crippen molar-refractivity contribution in [2.24, 2.45) is 0 Å². The molecule has 0 fully saturated rings. The van der Waals surface area contributed by atoms with Crippen LogP contribution in [0.5, 0.6) is 0 Å². The number of hydrogen-bond donors (Lipinski definition) is 2. The van der Waals surface area contributed by atoms with E-state index in [4.69, 9.17) is 5.11 Å². The Balaban J connectivity index is 1.67. The van der Waals surface area contributed by atoms with E-state index in [9.17, 15) is 9.59 Å². The van der Waals surface area contributed by atoms with Crippen LogP contribution in [-0.2, 0) is 17.6 Å². The number of nitrogens with one attached hydrogen (secondary N) is 1. The summed E-state index contributed by atoms with van der Waals surface area (Å²) in [5.74, 6) is -1.07. The molecule has 0 unspecified atom stereocenters. The first-order valence-electron chi connectivity index (χ1n) is 7.54. The average Bonchev–Trinajstić information content (AvgIpc) is 2.92. The molecule has 0 aliphatic heterocycles. The minimum absolute atomic E-state index is 0.0855. The van der Waals surface area contributed by atoms with E-state index < -0.39 is 5.97 Å². The fourth-order valence-electron chi connectivity index (χ4n) is 2.21. The number of thiazole rings is 1. The van der Waals surface area contributed by atoms with Crippen molar-refractivity contribution in [3.05, 3.63) is 51.5 Å². The highest BCUT2D eigenvalue weighted by Crippen LogP contribution is 2.11. The smallest absolute Gasteiger partial charge is 0.335 e. The van der Waals surface area contributed by atoms with E-state index in [1.165, 1.54) is 12.1 Å². The number of carbonyl (C=O) groups excluding carboxylic acids is 1. The van der Waals surface area contributed by atoms with Crippen LogP contribution in [0.2, 0.25) is 0 Å². The summed E-state index contributed by atoms with van der Waals surface area (Å²) in [6.07, 6.45) is 3.03. The summed E-state index contributed by atoms with van der Waals surface area (Å²) < 4.78 is 0. The van der Waals surface area contributed by atoms with Crippen molar-refractivity contribution in [3.63, 3.8) is 0 Å². The maximum Gasteiger partial charge on any atom is 0.335 e. The van der Waals surface area contributed by atoms with E-state index in [1.807, 2.05) is 12.3 Å². The summed E-state index contributed by atoms with van der Waals surface area (Å²) in [5.41, 5.74) is 1.97. The van der Waals surface area contributed by atoms with Crippen LogP contribution in [0, 0.1) is 6.92 Å². The van der Waals surface area contributed by atoms with Gasteiger partial charge in [-0.2, -0.15) is 0 Å². The molecule has 1 amide bonds. The zero-order valence-corrected chi connectivity index (χ0v) is 13.9. The molecule has 122 valence electrons. The van der Waals surface area contributed by atoms with E-state index in [2.05, 4.69) is 10.3 Å². The zero-order chi connectivity index (χ0) is 16.7. The van der Waals surface area contributed by atoms with Crippen molar-refractivity contribution < 1.29 is 14.7 Å². The van der Waals surface area contributed by atoms with Crippen LogP contribution in [0.4, 0.5) is 0 Å². The number of unbranched alkanes of at least 4 members (excludes halogenated alkanes) is 1. The van der Waals surface area contributed by atoms with Crippen LogP contribution in [-0.4, -0.2) is 28.5 Å². The number of carbonyl (C=O) groups is 2. The van der Waals surface area contributed by atoms with E-state index >= 15 is 0 Å². The molecule has 0 saturated heterocycles. The van der Waals surface area contributed by atoms with E-state index in [-0.39, 0.29) is 17.9 Å². The van der Waals surface area contributed by atoms with Crippen LogP contribution in [0.15, 0.2) is 29.6 Å². The molecular weight excluding hydrogens is 312 g/mol. The van der Waals surface area contributed by atoms with E-state index in [1.54, 1.807) is 23.5 Å². The molecule has 23 heavy (non-hydrogen) atoms. The number of carboxylic acids is 1. The second kappa shape index (κ2) is 8.43. The van der Waals surface area contributed by atoms with Crippen LogP contribution < -0.4 is 5.32 Å². The van der Waals surface area contributed by atoms with Gasteiger partial charge in [0, 0.05) is 17.6 Å². The van der Waals surface area contributed by atoms with Crippen molar-refractivity contribution >= 4 is 23.2 Å². The third-order valence-corrected chi connectivity index (χ3v) is 4.37. The van der Waals surface area contributed by atoms with Gasteiger partial charge in [-0.3, -0.25) is 4.79 Å². The normalized spacial score (nSPS) is 10.5. The lowest BCUT2D eigenvalue weighted by molar-refractivity contribution is -0.120. The Morgan fingerprint density at radius 1 is 1.30 bits per heavy atom. The molecule has 1 aromatic carbocycles. The van der Waals surface area contributed by atoms with Crippen molar-refractivity contribution in [2.45, 2.75) is 32.6 Å². The Morgan fingerprint density at radius 2 is 2.13 bits per heavy atom. The van der Waals surface area contributed by atoms with Gasteiger partial charge in [-0.1, -0.05) is 12.1 Å². The molecule has 2 N–H and O–H groups in total. The minimum atomic E-state index is -0.982. The standard InChI is InChI=1S/C17H20N2O3S/c1-12-11-23-16(19-12)7-2-3-8-18-15(20)10-13-5-4-6-14(9-13)17(21)22/h4-6,9,11H,2-3,7-8,10H2,1H3,(H,18,20)(H,21,22). The summed E-state index contributed by atoms with van der Waals surface area (Å²) in [6, 6.07) is 6.47. The Morgan fingerprint density at radius 3 is 2.83 bits per heavy atom. The van der Waals surface area contributed by atoms with Crippen LogP contribution in [0.25, 0.3) is 0 Å². The minimum Gasteiger partial charge on any atom is -0.478 e. The van der Waals surface area contributed by atoms with Gasteiger partial charge in [-0.05, 0) is 43.9 Å². The molecule has 0 radical (unpaired) electrons. The van der Waals surface area contributed by atoms with Crippen molar-refractivity contribution in [1.29, 1.82) is 0 Å². The summed E-state index contributed by atoms with van der Waals surface area (Å²) in [4.78, 5) is 27.2. The first-order valence-corrected chi connectivity index (χ1v) is 8.42. The SMILES string of the molecule is Cc1csc(CCCCNC(=O)Cc2cccc(C(=O)O)c2)n1. The predicted octanol–water partition coefficient (Wildman–Crippen LogP) is 2.83. The van der Waals surface area contributed by atoms with Crippen LogP contribution >= 0.6 is 11.3 Å². The van der Waals surface area contributed by atoms with Crippen molar-refractivity contribution in [1.82, 2.24) is 10.3 Å². The quantitative estimate of drug-likeness (QED) is 0.729. The summed E-state index contributed by atoms with van der Waals surface area (Å²) in [5, 5.41) is 15.0. The monoisotopic (exact) mass is 332 g/mol. The van der Waals surface area contributed by atoms with Gasteiger partial charge >= 0.3 is 5.97 Å². The molecule has 0 spiro atoms. The number of nitrogens with zero attached hydrogens (tertiary/aromatic N) is 1. The van der Waals surface area contributed by atoms with Gasteiger partial charge in [0.1, 0.15) is 0 Å². The second-order valence-electron chi connectivity index (χ2n) is 5.37. The average molecular weight is 332 g/mol. The third-order valence-electron chi connectivity index (χ3n) is 3.34. The van der Waals surface area contributed by atoms with Gasteiger partial charge < -0.3 is 10.4 Å². The molecule has 1 aromatic heterocycles. The number of rotatable bonds is 8. The number of aromatic carboxylic acids is 1. The lowest BCUT2D eigenvalue weighted by atomic mass is 10.1. The fourth-order valence-corrected chi connectivity index (χ4v) is 3.03. The van der Waals surface area contributed by atoms with Crippen molar-refractivity contribution in [2.75, 3.05) is 6.54 Å². The Kier molecular flexibility index (Phi) is 6.29. The van der Waals surface area contributed by atoms with Gasteiger partial charge in [-0.15, -0.1) is 11.3 Å². The zero-order valence-electron chi connectivity index (χ0n) is 13.0. The molecule has 1 heterocycles. The Bertz CT molecular complexity index is 682. The Hall–Kier alpha value is -2.21. The highest BCUT2D eigenvalue weighted by atomic mass is 32.1. The lowest BCUT2D eigenvalue weighted by Gasteiger charge is -2.05. The molecule has 0 aliphatic carbocycles. The van der Waals surface area contributed by atoms with Crippen LogP contribution in [0.3, 0.4) is 0 Å². The van der Waals surface area contributed by atoms with E-state index in [0.717, 1.165) is 30.0 Å². The maximum atomic E-state index is 11.9. The highest BCUT2D eigenvalue weighted by molar-refractivity contribution is 7.09. The molecule has 0 saturated carbocycles. The topological polar surface area (TPSA) is 79.3 Å². The number of benzene rings is 1. The fraction of sp³-hybridized carbons (Fsp3) is 0.353. The van der Waals surface area contributed by atoms with Crippen molar-refractivity contribution in [3.8, 4) is 0 Å². The second-order valence-corrected chi connectivity index (χ2v) is 6.31. The number of aryl methyl sites for hydroxylation is 2. The summed E-state index contributed by atoms with van der Waals surface area (Å²) in [7, 11) is 0. The number of aromatic nitrogens is 1. The summed E-state index contributed by atoms with van der Waals surface area (Å²) >= 11 is 1.67. The number of carboxylic acid groups (broad SMARTS) is 1. The molecule has 6 heteroatoms. The predicted molar refractivity (Wildman–Crippen MR) is 89.9 cm³/mol. The molecule has 5 nitrogen and oxygen atoms in total. The van der Waals surface area contributed by atoms with Gasteiger partial charge in [-0.25, -0.2) is 9.78 Å². The first kappa shape index (κ1) is 17.1. The van der Waals surface area contributed by atoms with Crippen LogP contribution in [0.1, 0.15) is 39.5 Å². The van der Waals surface area contributed by atoms with Gasteiger partial charge in [0.25, 0.3) is 0 Å². The molecule has 2 rings (SSSR count). The lowest BCUT2D eigenvalue weighted by Crippen LogP contribution is -2.26.